The summed E-state index contributed by atoms with van der Waals surface area (Å²) in [6.45, 7) is 7.08. The van der Waals surface area contributed by atoms with Crippen LogP contribution in [0.1, 0.15) is 117 Å². The van der Waals surface area contributed by atoms with E-state index in [0.717, 1.165) is 33.2 Å². The molecular formula is C63H96Cl2N12O11S. The molecule has 1 aromatic rings. The summed E-state index contributed by atoms with van der Waals surface area (Å²) < 4.78 is 0. The molecular weight excluding hydrogens is 1200 g/mol. The van der Waals surface area contributed by atoms with Gasteiger partial charge < -0.3 is 60.9 Å². The van der Waals surface area contributed by atoms with Gasteiger partial charge in [-0.05, 0) is 75.5 Å². The van der Waals surface area contributed by atoms with Crippen LogP contribution in [0.2, 0.25) is 0 Å². The molecule has 494 valence electrons. The molecule has 0 spiro atoms. The van der Waals surface area contributed by atoms with Crippen LogP contribution in [0.25, 0.3) is 0 Å². The molecule has 0 aliphatic carbocycles. The Labute approximate surface area is 541 Å². The summed E-state index contributed by atoms with van der Waals surface area (Å²) in [5.74, 6) is 1.13. The number of hydrogen-bond acceptors (Lipinski definition) is 13. The van der Waals surface area contributed by atoms with E-state index in [1.807, 2.05) is 63.7 Å². The summed E-state index contributed by atoms with van der Waals surface area (Å²) in [4.78, 5) is 160. The first kappa shape index (κ1) is 76.5. The molecule has 1 aromatic carbocycles. The molecule has 11 amide bonds. The minimum Gasteiger partial charge on any atom is -0.369 e. The number of fused-ring (bicyclic) bond motifs is 1. The summed E-state index contributed by atoms with van der Waals surface area (Å²) in [5, 5.41) is 8.94. The molecule has 4 atom stereocenters. The minimum absolute atomic E-state index is 0.0641. The van der Waals surface area contributed by atoms with Crippen LogP contribution < -0.4 is 26.6 Å². The number of amides is 11. The van der Waals surface area contributed by atoms with Gasteiger partial charge in [-0.3, -0.25) is 52.7 Å². The summed E-state index contributed by atoms with van der Waals surface area (Å²) in [6, 6.07) is 6.81. The van der Waals surface area contributed by atoms with Crippen LogP contribution in [-0.2, 0) is 59.2 Å². The van der Waals surface area contributed by atoms with Gasteiger partial charge in [-0.15, -0.1) is 36.0 Å². The number of nitrogens with two attached hydrogens (primary N) is 1. The number of terminal acetylenes is 2. The zero-order valence-corrected chi connectivity index (χ0v) is 55.2. The Morgan fingerprint density at radius 2 is 1.04 bits per heavy atom. The average Bonchev–Trinajstić information content (AvgIpc) is 2.11. The highest BCUT2D eigenvalue weighted by molar-refractivity contribution is 8.00. The molecule has 1 unspecified atom stereocenters. The standard InChI is InChI=1S/C63H96Cl2N12O11S/c1-8-28-71(39-53(66)78)57(82)40-72(29-9-2)58(83)41-73(30-10-3)59(84)42-74(31-11-4)60(85)43-75(32-12-5)61(86)44-76(33-13-6)62(87)45-77(34-14-7)63(88)50(68-55(80)20-16-15-19-52-49-37-56(81)69-51(49)46-89-52)38-67-54(79)21-17-18-47-22-24-48(25-23-47)70(35-26-64)36-27-65/h1,7,22-25,49-52H,9-13,15-21,26-46H2,2-6H3,(H2,66,78)(H,67,79)(H,68,80)(H,69,81)/t49-,50?,51-,52-/m0/s1. The van der Waals surface area contributed by atoms with E-state index in [9.17, 15) is 52.7 Å². The number of carbonyl (C=O) groups excluding carboxylic acids is 11. The number of halogens is 2. The van der Waals surface area contributed by atoms with Crippen LogP contribution in [-0.4, -0.2) is 245 Å². The van der Waals surface area contributed by atoms with E-state index in [1.54, 1.807) is 6.92 Å². The predicted octanol–water partition coefficient (Wildman–Crippen LogP) is 2.68. The summed E-state index contributed by atoms with van der Waals surface area (Å²) in [6.07, 6.45) is 17.3. The van der Waals surface area contributed by atoms with Gasteiger partial charge in [0.1, 0.15) is 19.1 Å². The number of alkyl halides is 2. The minimum atomic E-state index is -1.32. The Morgan fingerprint density at radius 3 is 1.48 bits per heavy atom. The monoisotopic (exact) mass is 1300 g/mol. The summed E-state index contributed by atoms with van der Waals surface area (Å²) in [5.41, 5.74) is 7.32. The molecule has 3 rings (SSSR count). The molecule has 2 saturated heterocycles. The lowest BCUT2D eigenvalue weighted by molar-refractivity contribution is -0.148. The average molecular weight is 1300 g/mol. The van der Waals surface area contributed by atoms with Crippen molar-refractivity contribution in [3.05, 3.63) is 29.8 Å². The second-order valence-electron chi connectivity index (χ2n) is 22.4. The Kier molecular flexibility index (Phi) is 36.3. The number of carbonyl (C=O) groups is 11. The van der Waals surface area contributed by atoms with E-state index >= 15 is 0 Å². The third-order valence-electron chi connectivity index (χ3n) is 15.2. The third kappa shape index (κ3) is 27.1. The Morgan fingerprint density at radius 1 is 0.607 bits per heavy atom. The summed E-state index contributed by atoms with van der Waals surface area (Å²) in [7, 11) is 0. The Bertz CT molecular complexity index is 2580. The number of hydrogen-bond donors (Lipinski definition) is 4. The van der Waals surface area contributed by atoms with Crippen LogP contribution in [0.15, 0.2) is 24.3 Å². The largest absolute Gasteiger partial charge is 0.369 e. The van der Waals surface area contributed by atoms with E-state index in [4.69, 9.17) is 41.8 Å². The van der Waals surface area contributed by atoms with Crippen molar-refractivity contribution < 1.29 is 52.7 Å². The molecule has 2 aliphatic heterocycles. The molecule has 0 aromatic heterocycles. The molecule has 2 aliphatic rings. The first-order chi connectivity index (χ1) is 42.7. The fourth-order valence-corrected chi connectivity index (χ4v) is 12.8. The molecule has 2 heterocycles. The highest BCUT2D eigenvalue weighted by Gasteiger charge is 2.43. The van der Waals surface area contributed by atoms with Gasteiger partial charge in [0.25, 0.3) is 0 Å². The van der Waals surface area contributed by atoms with E-state index in [0.29, 0.717) is 94.3 Å². The smallest absolute Gasteiger partial charge is 0.248 e. The molecule has 0 saturated carbocycles. The van der Waals surface area contributed by atoms with Crippen molar-refractivity contribution >= 4 is 106 Å². The van der Waals surface area contributed by atoms with Gasteiger partial charge in [0.05, 0.1) is 45.8 Å². The van der Waals surface area contributed by atoms with Gasteiger partial charge in [-0.1, -0.05) is 65.0 Å². The lowest BCUT2D eigenvalue weighted by Crippen LogP contribution is -2.56. The Hall–Kier alpha value is -6.76. The topological polar surface area (TPSA) is 276 Å². The zero-order chi connectivity index (χ0) is 65.8. The first-order valence-electron chi connectivity index (χ1n) is 31.2. The van der Waals surface area contributed by atoms with E-state index < -0.39 is 105 Å². The van der Waals surface area contributed by atoms with Gasteiger partial charge in [0.2, 0.25) is 65.0 Å². The van der Waals surface area contributed by atoms with Crippen molar-refractivity contribution in [1.29, 1.82) is 0 Å². The highest BCUT2D eigenvalue weighted by Crippen LogP contribution is 2.40. The molecule has 23 nitrogen and oxygen atoms in total. The summed E-state index contributed by atoms with van der Waals surface area (Å²) >= 11 is 13.8. The first-order valence-corrected chi connectivity index (χ1v) is 33.4. The molecule has 0 radical (unpaired) electrons. The molecule has 2 fully saturated rings. The van der Waals surface area contributed by atoms with Gasteiger partial charge in [0.15, 0.2) is 0 Å². The molecule has 89 heavy (non-hydrogen) atoms. The zero-order valence-electron chi connectivity index (χ0n) is 52.9. The second-order valence-corrected chi connectivity index (χ2v) is 24.4. The number of anilines is 1. The van der Waals surface area contributed by atoms with Gasteiger partial charge in [-0.2, -0.15) is 11.8 Å². The quantitative estimate of drug-likeness (QED) is 0.0416. The number of benzene rings is 1. The molecule has 5 N–H and O–H groups in total. The fraction of sp³-hybridized carbons (Fsp3) is 0.667. The third-order valence-corrected chi connectivity index (χ3v) is 17.1. The second kappa shape index (κ2) is 42.3. The van der Waals surface area contributed by atoms with Crippen molar-refractivity contribution in [3.63, 3.8) is 0 Å². The fourth-order valence-electron chi connectivity index (χ4n) is 10.7. The number of unbranched alkanes of at least 4 members (excludes halogenated alkanes) is 1. The van der Waals surface area contributed by atoms with Crippen LogP contribution >= 0.6 is 35.0 Å². The SMILES string of the molecule is C#CCN(CC(N)=O)C(=O)CN(CCC)C(=O)CN(CCC)C(=O)CN(CCC)C(=O)CN(CCC)C(=O)CN(CCC)C(=O)CN(CC#C)C(=O)C(CNC(=O)CCCc1ccc(N(CCCl)CCCl)cc1)NC(=O)CCCC[C@@H]1SC[C@@H]2NC(=O)C[C@@H]21. The highest BCUT2D eigenvalue weighted by atomic mass is 35.5. The van der Waals surface area contributed by atoms with Crippen molar-refractivity contribution in [2.45, 2.75) is 135 Å². The van der Waals surface area contributed by atoms with Crippen LogP contribution in [0.5, 0.6) is 0 Å². The van der Waals surface area contributed by atoms with Crippen LogP contribution in [0.3, 0.4) is 0 Å². The molecule has 26 heteroatoms. The van der Waals surface area contributed by atoms with Gasteiger partial charge in [0, 0.05) is 112 Å². The lowest BCUT2D eigenvalue weighted by Gasteiger charge is -2.32. The predicted molar refractivity (Wildman–Crippen MR) is 347 cm³/mol. The van der Waals surface area contributed by atoms with Crippen molar-refractivity contribution in [2.24, 2.45) is 11.7 Å². The number of thioether (sulfide) groups is 1. The van der Waals surface area contributed by atoms with Gasteiger partial charge in [-0.25, -0.2) is 0 Å². The normalized spacial score (nSPS) is 15.0. The molecule has 0 bridgehead atoms. The van der Waals surface area contributed by atoms with Crippen LogP contribution in [0.4, 0.5) is 5.69 Å². The van der Waals surface area contributed by atoms with Crippen molar-refractivity contribution in [2.75, 3.05) is 134 Å². The van der Waals surface area contributed by atoms with E-state index in [2.05, 4.69) is 32.7 Å². The Balaban J connectivity index is 1.75. The number of primary amides is 1. The van der Waals surface area contributed by atoms with Crippen molar-refractivity contribution in [3.8, 4) is 24.7 Å². The van der Waals surface area contributed by atoms with E-state index in [-0.39, 0.29) is 89.0 Å². The van der Waals surface area contributed by atoms with Crippen LogP contribution in [0, 0.1) is 30.6 Å². The number of rotatable bonds is 44. The van der Waals surface area contributed by atoms with Gasteiger partial charge >= 0.3 is 0 Å². The number of aryl methyl sites for hydroxylation is 1. The maximum absolute atomic E-state index is 14.6. The number of nitrogens with one attached hydrogen (secondary N) is 3. The van der Waals surface area contributed by atoms with E-state index in [1.165, 1.54) is 24.5 Å². The maximum Gasteiger partial charge on any atom is 0.248 e. The maximum atomic E-state index is 14.6. The number of nitrogens with zero attached hydrogens (tertiary/aromatic N) is 8. The van der Waals surface area contributed by atoms with Crippen molar-refractivity contribution in [1.82, 2.24) is 50.2 Å². The lowest BCUT2D eigenvalue weighted by atomic mass is 9.94.